The maximum absolute atomic E-state index is 11.9. The number of hydrogen-bond donors (Lipinski definition) is 3. The molecule has 1 unspecified atom stereocenters. The van der Waals surface area contributed by atoms with Crippen LogP contribution >= 0.6 is 0 Å². The molecule has 0 aliphatic heterocycles. The van der Waals surface area contributed by atoms with E-state index >= 15 is 0 Å². The normalized spacial score (nSPS) is 12.8. The molecule has 0 radical (unpaired) electrons. The van der Waals surface area contributed by atoms with Crippen molar-refractivity contribution in [1.29, 1.82) is 0 Å². The van der Waals surface area contributed by atoms with Crippen molar-refractivity contribution in [2.75, 3.05) is 11.9 Å². The predicted molar refractivity (Wildman–Crippen MR) is 89.7 cm³/mol. The summed E-state index contributed by atoms with van der Waals surface area (Å²) in [6.45, 7) is 11.4. The molecule has 1 rings (SSSR count). The van der Waals surface area contributed by atoms with E-state index < -0.39 is 0 Å². The van der Waals surface area contributed by atoms with Gasteiger partial charge in [-0.15, -0.1) is 0 Å². The highest BCUT2D eigenvalue weighted by atomic mass is 16.2. The number of benzene rings is 1. The van der Waals surface area contributed by atoms with Crippen LogP contribution in [-0.4, -0.2) is 18.1 Å². The Kier molecular flexibility index (Phi) is 6.69. The largest absolute Gasteiger partial charge is 0.333 e. The predicted octanol–water partition coefficient (Wildman–Crippen LogP) is 4.06. The van der Waals surface area contributed by atoms with Gasteiger partial charge in [0, 0.05) is 17.3 Å². The van der Waals surface area contributed by atoms with Gasteiger partial charge < -0.3 is 16.0 Å². The van der Waals surface area contributed by atoms with Crippen LogP contribution in [0.4, 0.5) is 10.5 Å². The van der Waals surface area contributed by atoms with E-state index in [1.54, 1.807) is 0 Å². The maximum atomic E-state index is 11.9. The van der Waals surface area contributed by atoms with E-state index in [1.807, 2.05) is 38.1 Å². The van der Waals surface area contributed by atoms with Crippen molar-refractivity contribution < 1.29 is 4.79 Å². The van der Waals surface area contributed by atoms with Crippen LogP contribution in [0.25, 0.3) is 0 Å². The summed E-state index contributed by atoms with van der Waals surface area (Å²) in [6, 6.07) is 8.15. The lowest BCUT2D eigenvalue weighted by Crippen LogP contribution is -2.45. The van der Waals surface area contributed by atoms with Crippen LogP contribution in [0, 0.1) is 0 Å². The van der Waals surface area contributed by atoms with Gasteiger partial charge in [-0.05, 0) is 57.9 Å². The van der Waals surface area contributed by atoms with Crippen molar-refractivity contribution in [3.63, 3.8) is 0 Å². The molecular formula is C17H29N3O. The molecule has 0 saturated carbocycles. The smallest absolute Gasteiger partial charge is 0.319 e. The topological polar surface area (TPSA) is 53.2 Å². The highest BCUT2D eigenvalue weighted by Crippen LogP contribution is 2.16. The Balaban J connectivity index is 2.56. The Labute approximate surface area is 128 Å². The van der Waals surface area contributed by atoms with Gasteiger partial charge in [0.1, 0.15) is 0 Å². The standard InChI is InChI=1S/C17H29N3O/c1-6-12-18-13(3)14-8-10-15(11-9-14)19-16(21)20-17(4,5)7-2/h8-11,13,18H,6-7,12H2,1-5H3,(H2,19,20,21). The fourth-order valence-electron chi connectivity index (χ4n) is 1.89. The Hall–Kier alpha value is -1.55. The van der Waals surface area contributed by atoms with Gasteiger partial charge in [0.2, 0.25) is 0 Å². The minimum absolute atomic E-state index is 0.160. The summed E-state index contributed by atoms with van der Waals surface area (Å²) in [6.07, 6.45) is 2.01. The van der Waals surface area contributed by atoms with Crippen molar-refractivity contribution in [2.45, 2.75) is 59.0 Å². The summed E-state index contributed by atoms with van der Waals surface area (Å²) < 4.78 is 0. The number of hydrogen-bond acceptors (Lipinski definition) is 2. The minimum Gasteiger partial charge on any atom is -0.333 e. The van der Waals surface area contributed by atoms with Crippen LogP contribution in [0.2, 0.25) is 0 Å². The average Bonchev–Trinajstić information content (AvgIpc) is 2.45. The third-order valence-corrected chi connectivity index (χ3v) is 3.70. The molecule has 21 heavy (non-hydrogen) atoms. The monoisotopic (exact) mass is 291 g/mol. The first-order valence-electron chi connectivity index (χ1n) is 7.80. The molecule has 0 bridgehead atoms. The number of anilines is 1. The Morgan fingerprint density at radius 1 is 1.19 bits per heavy atom. The fraction of sp³-hybridized carbons (Fsp3) is 0.588. The molecule has 0 aliphatic carbocycles. The summed E-state index contributed by atoms with van der Waals surface area (Å²) in [5, 5.41) is 9.28. The second kappa shape index (κ2) is 8.03. The van der Waals surface area contributed by atoms with Crippen LogP contribution in [0.5, 0.6) is 0 Å². The molecule has 4 nitrogen and oxygen atoms in total. The SMILES string of the molecule is CCCNC(C)c1ccc(NC(=O)NC(C)(C)CC)cc1. The van der Waals surface area contributed by atoms with E-state index in [0.29, 0.717) is 6.04 Å². The summed E-state index contributed by atoms with van der Waals surface area (Å²) >= 11 is 0. The van der Waals surface area contributed by atoms with Gasteiger partial charge >= 0.3 is 6.03 Å². The Morgan fingerprint density at radius 3 is 2.33 bits per heavy atom. The van der Waals surface area contributed by atoms with E-state index in [-0.39, 0.29) is 11.6 Å². The minimum atomic E-state index is -0.192. The first-order valence-corrected chi connectivity index (χ1v) is 7.80. The quantitative estimate of drug-likeness (QED) is 0.709. The molecule has 0 saturated heterocycles. The molecule has 1 aromatic carbocycles. The molecule has 1 atom stereocenters. The molecule has 0 fully saturated rings. The summed E-state index contributed by atoms with van der Waals surface area (Å²) in [7, 11) is 0. The molecule has 0 aromatic heterocycles. The molecule has 1 aromatic rings. The molecule has 0 spiro atoms. The summed E-state index contributed by atoms with van der Waals surface area (Å²) in [4.78, 5) is 11.9. The van der Waals surface area contributed by atoms with Gasteiger partial charge in [0.05, 0.1) is 0 Å². The lowest BCUT2D eigenvalue weighted by Gasteiger charge is -2.24. The van der Waals surface area contributed by atoms with Gasteiger partial charge in [-0.25, -0.2) is 4.79 Å². The Bertz CT molecular complexity index is 440. The molecule has 2 amide bonds. The fourth-order valence-corrected chi connectivity index (χ4v) is 1.89. The van der Waals surface area contributed by atoms with Crippen LogP contribution < -0.4 is 16.0 Å². The van der Waals surface area contributed by atoms with Gasteiger partial charge in [-0.3, -0.25) is 0 Å². The Morgan fingerprint density at radius 2 is 1.81 bits per heavy atom. The zero-order valence-corrected chi connectivity index (χ0v) is 13.9. The van der Waals surface area contributed by atoms with Gasteiger partial charge in [-0.1, -0.05) is 26.0 Å². The first kappa shape index (κ1) is 17.5. The van der Waals surface area contributed by atoms with E-state index in [1.165, 1.54) is 5.56 Å². The second-order valence-electron chi connectivity index (χ2n) is 6.11. The lowest BCUT2D eigenvalue weighted by atomic mass is 10.0. The third kappa shape index (κ3) is 6.17. The van der Waals surface area contributed by atoms with Crippen LogP contribution in [0.1, 0.15) is 59.1 Å². The third-order valence-electron chi connectivity index (χ3n) is 3.70. The number of carbonyl (C=O) groups excluding carboxylic acids is 1. The zero-order valence-electron chi connectivity index (χ0n) is 13.9. The van der Waals surface area contributed by atoms with E-state index in [2.05, 4.69) is 36.7 Å². The van der Waals surface area contributed by atoms with E-state index in [4.69, 9.17) is 0 Å². The molecule has 118 valence electrons. The molecule has 0 heterocycles. The summed E-state index contributed by atoms with van der Waals surface area (Å²) in [5.41, 5.74) is 1.84. The average molecular weight is 291 g/mol. The van der Waals surface area contributed by atoms with Gasteiger partial charge in [0.15, 0.2) is 0 Å². The molecule has 4 heteroatoms. The highest BCUT2D eigenvalue weighted by molar-refractivity contribution is 5.89. The van der Waals surface area contributed by atoms with Crippen molar-refractivity contribution in [1.82, 2.24) is 10.6 Å². The van der Waals surface area contributed by atoms with Crippen LogP contribution in [-0.2, 0) is 0 Å². The molecular weight excluding hydrogens is 262 g/mol. The summed E-state index contributed by atoms with van der Waals surface area (Å²) in [5.74, 6) is 0. The van der Waals surface area contributed by atoms with E-state index in [0.717, 1.165) is 25.1 Å². The van der Waals surface area contributed by atoms with Crippen LogP contribution in [0.3, 0.4) is 0 Å². The van der Waals surface area contributed by atoms with Gasteiger partial charge in [-0.2, -0.15) is 0 Å². The number of rotatable bonds is 7. The second-order valence-corrected chi connectivity index (χ2v) is 6.11. The number of amides is 2. The zero-order chi connectivity index (χ0) is 15.9. The number of urea groups is 1. The molecule has 0 aliphatic rings. The molecule has 3 N–H and O–H groups in total. The van der Waals surface area contributed by atoms with Crippen molar-refractivity contribution in [2.24, 2.45) is 0 Å². The van der Waals surface area contributed by atoms with Crippen molar-refractivity contribution in [3.05, 3.63) is 29.8 Å². The van der Waals surface area contributed by atoms with Gasteiger partial charge in [0.25, 0.3) is 0 Å². The lowest BCUT2D eigenvalue weighted by molar-refractivity contribution is 0.240. The number of carbonyl (C=O) groups is 1. The highest BCUT2D eigenvalue weighted by Gasteiger charge is 2.17. The maximum Gasteiger partial charge on any atom is 0.319 e. The van der Waals surface area contributed by atoms with E-state index in [9.17, 15) is 4.79 Å². The number of nitrogens with one attached hydrogen (secondary N) is 3. The van der Waals surface area contributed by atoms with Crippen LogP contribution in [0.15, 0.2) is 24.3 Å². The van der Waals surface area contributed by atoms with Crippen molar-refractivity contribution in [3.8, 4) is 0 Å². The first-order chi connectivity index (χ1) is 9.88. The van der Waals surface area contributed by atoms with Crippen molar-refractivity contribution >= 4 is 11.7 Å².